The molecule has 0 bridgehead atoms. The fourth-order valence-corrected chi connectivity index (χ4v) is 0.766. The molecule has 0 aromatic carbocycles. The van der Waals surface area contributed by atoms with E-state index in [9.17, 15) is 0 Å². The maximum Gasteiger partial charge on any atom is 0.0639 e. The Balaban J connectivity index is 3.49. The van der Waals surface area contributed by atoms with Crippen LogP contribution >= 0.6 is 0 Å². The highest BCUT2D eigenvalue weighted by Crippen LogP contribution is 2.00. The summed E-state index contributed by atoms with van der Waals surface area (Å²) in [5.41, 5.74) is 2.42. The molecule has 1 heteroatoms. The predicted molar refractivity (Wildman–Crippen MR) is 49.5 cm³/mol. The van der Waals surface area contributed by atoms with Crippen LogP contribution in [0.1, 0.15) is 33.6 Å². The molecule has 0 aliphatic rings. The van der Waals surface area contributed by atoms with Gasteiger partial charge in [-0.1, -0.05) is 23.3 Å². The van der Waals surface area contributed by atoms with Gasteiger partial charge in [0.15, 0.2) is 0 Å². The Kier molecular flexibility index (Phi) is 5.86. The first kappa shape index (κ1) is 10.4. The first-order chi connectivity index (χ1) is 5.16. The van der Waals surface area contributed by atoms with Gasteiger partial charge in [0, 0.05) is 0 Å². The quantitative estimate of drug-likeness (QED) is 0.487. The molecule has 0 atom stereocenters. The van der Waals surface area contributed by atoms with Gasteiger partial charge < -0.3 is 5.11 Å². The predicted octanol–water partition coefficient (Wildman–Crippen LogP) is 2.67. The van der Waals surface area contributed by atoms with Crippen LogP contribution in [0.15, 0.2) is 23.3 Å². The SMILES string of the molecule is CC(C)=CCC/C=C(/C)CO. The van der Waals surface area contributed by atoms with Gasteiger partial charge in [-0.15, -0.1) is 0 Å². The summed E-state index contributed by atoms with van der Waals surface area (Å²) in [6, 6.07) is 0. The van der Waals surface area contributed by atoms with Crippen LogP contribution in [0, 0.1) is 0 Å². The third-order valence-electron chi connectivity index (χ3n) is 1.46. The fourth-order valence-electron chi connectivity index (χ4n) is 0.766. The van der Waals surface area contributed by atoms with Gasteiger partial charge in [-0.3, -0.25) is 0 Å². The molecule has 0 saturated heterocycles. The molecule has 0 heterocycles. The number of allylic oxidation sites excluding steroid dienone is 3. The molecule has 11 heavy (non-hydrogen) atoms. The van der Waals surface area contributed by atoms with Gasteiger partial charge in [-0.25, -0.2) is 0 Å². The molecule has 0 aromatic rings. The van der Waals surface area contributed by atoms with Gasteiger partial charge in [0.1, 0.15) is 0 Å². The summed E-state index contributed by atoms with van der Waals surface area (Å²) in [7, 11) is 0. The number of aliphatic hydroxyl groups is 1. The summed E-state index contributed by atoms with van der Waals surface area (Å²) in [5, 5.41) is 8.66. The Morgan fingerprint density at radius 3 is 2.09 bits per heavy atom. The van der Waals surface area contributed by atoms with Crippen LogP contribution in [-0.4, -0.2) is 11.7 Å². The molecule has 0 aliphatic carbocycles. The van der Waals surface area contributed by atoms with Crippen LogP contribution in [0.2, 0.25) is 0 Å². The zero-order valence-corrected chi connectivity index (χ0v) is 7.72. The molecule has 0 amide bonds. The van der Waals surface area contributed by atoms with Crippen LogP contribution < -0.4 is 0 Å². The van der Waals surface area contributed by atoms with Gasteiger partial charge in [-0.2, -0.15) is 0 Å². The highest BCUT2D eigenvalue weighted by Gasteiger charge is 1.83. The molecule has 0 spiro atoms. The van der Waals surface area contributed by atoms with Gasteiger partial charge in [-0.05, 0) is 33.6 Å². The van der Waals surface area contributed by atoms with E-state index in [0.29, 0.717) is 0 Å². The van der Waals surface area contributed by atoms with Crippen LogP contribution in [0.3, 0.4) is 0 Å². The summed E-state index contributed by atoms with van der Waals surface area (Å²) in [5.74, 6) is 0. The van der Waals surface area contributed by atoms with E-state index in [0.717, 1.165) is 18.4 Å². The molecule has 0 fully saturated rings. The number of unbranched alkanes of at least 4 members (excludes halogenated alkanes) is 1. The van der Waals surface area contributed by atoms with Crippen molar-refractivity contribution >= 4 is 0 Å². The van der Waals surface area contributed by atoms with Crippen molar-refractivity contribution in [1.29, 1.82) is 0 Å². The summed E-state index contributed by atoms with van der Waals surface area (Å²) < 4.78 is 0. The van der Waals surface area contributed by atoms with Crippen molar-refractivity contribution in [3.8, 4) is 0 Å². The van der Waals surface area contributed by atoms with Crippen LogP contribution in [0.5, 0.6) is 0 Å². The Morgan fingerprint density at radius 2 is 1.64 bits per heavy atom. The molecule has 0 rings (SSSR count). The Bertz CT molecular complexity index is 150. The van der Waals surface area contributed by atoms with E-state index in [-0.39, 0.29) is 6.61 Å². The van der Waals surface area contributed by atoms with Gasteiger partial charge in [0.2, 0.25) is 0 Å². The number of rotatable bonds is 4. The van der Waals surface area contributed by atoms with E-state index in [1.165, 1.54) is 5.57 Å². The van der Waals surface area contributed by atoms with E-state index in [1.807, 2.05) is 6.92 Å². The van der Waals surface area contributed by atoms with Crippen LogP contribution in [-0.2, 0) is 0 Å². The lowest BCUT2D eigenvalue weighted by Gasteiger charge is -1.93. The first-order valence-electron chi connectivity index (χ1n) is 4.06. The largest absolute Gasteiger partial charge is 0.392 e. The lowest BCUT2D eigenvalue weighted by molar-refractivity contribution is 0.331. The standard InChI is InChI=1S/C10H18O/c1-9(2)6-4-5-7-10(3)8-11/h6-7,11H,4-5,8H2,1-3H3/b10-7-. The average molecular weight is 154 g/mol. The molecule has 64 valence electrons. The molecule has 0 unspecified atom stereocenters. The molecule has 1 N–H and O–H groups in total. The minimum absolute atomic E-state index is 0.189. The second-order valence-electron chi connectivity index (χ2n) is 3.07. The van der Waals surface area contributed by atoms with Crippen LogP contribution in [0.4, 0.5) is 0 Å². The average Bonchev–Trinajstić information content (AvgIpc) is 1.97. The molecule has 0 radical (unpaired) electrons. The van der Waals surface area contributed by atoms with Gasteiger partial charge in [0.25, 0.3) is 0 Å². The molecule has 1 nitrogen and oxygen atoms in total. The highest BCUT2D eigenvalue weighted by atomic mass is 16.3. The maximum absolute atomic E-state index is 8.66. The van der Waals surface area contributed by atoms with Crippen molar-refractivity contribution < 1.29 is 5.11 Å². The normalized spacial score (nSPS) is 11.5. The third kappa shape index (κ3) is 7.34. The van der Waals surface area contributed by atoms with Crippen molar-refractivity contribution in [3.63, 3.8) is 0 Å². The van der Waals surface area contributed by atoms with E-state index < -0.39 is 0 Å². The Hall–Kier alpha value is -0.560. The zero-order chi connectivity index (χ0) is 8.69. The summed E-state index contributed by atoms with van der Waals surface area (Å²) in [6.45, 7) is 6.34. The lowest BCUT2D eigenvalue weighted by Crippen LogP contribution is -1.82. The third-order valence-corrected chi connectivity index (χ3v) is 1.46. The van der Waals surface area contributed by atoms with Crippen molar-refractivity contribution in [2.75, 3.05) is 6.61 Å². The first-order valence-corrected chi connectivity index (χ1v) is 4.06. The fraction of sp³-hybridized carbons (Fsp3) is 0.600. The number of aliphatic hydroxyl groups excluding tert-OH is 1. The maximum atomic E-state index is 8.66. The van der Waals surface area contributed by atoms with Crippen molar-refractivity contribution in [2.45, 2.75) is 33.6 Å². The lowest BCUT2D eigenvalue weighted by atomic mass is 10.2. The summed E-state index contributed by atoms with van der Waals surface area (Å²) in [4.78, 5) is 0. The minimum Gasteiger partial charge on any atom is -0.392 e. The second-order valence-corrected chi connectivity index (χ2v) is 3.07. The second kappa shape index (κ2) is 6.17. The zero-order valence-electron chi connectivity index (χ0n) is 7.72. The minimum atomic E-state index is 0.189. The highest BCUT2D eigenvalue weighted by molar-refractivity contribution is 5.00. The summed E-state index contributed by atoms with van der Waals surface area (Å²) >= 11 is 0. The monoisotopic (exact) mass is 154 g/mol. The number of hydrogen-bond donors (Lipinski definition) is 1. The van der Waals surface area contributed by atoms with Crippen molar-refractivity contribution in [3.05, 3.63) is 23.3 Å². The molecule has 0 aromatic heterocycles. The van der Waals surface area contributed by atoms with Gasteiger partial charge >= 0.3 is 0 Å². The van der Waals surface area contributed by atoms with Crippen molar-refractivity contribution in [1.82, 2.24) is 0 Å². The van der Waals surface area contributed by atoms with E-state index in [2.05, 4.69) is 26.0 Å². The Morgan fingerprint density at radius 1 is 1.09 bits per heavy atom. The van der Waals surface area contributed by atoms with E-state index in [4.69, 9.17) is 5.11 Å². The molecule has 0 saturated carbocycles. The van der Waals surface area contributed by atoms with Crippen LogP contribution in [0.25, 0.3) is 0 Å². The van der Waals surface area contributed by atoms with Crippen molar-refractivity contribution in [2.24, 2.45) is 0 Å². The smallest absolute Gasteiger partial charge is 0.0639 e. The Labute approximate surface area is 69.4 Å². The molecule has 0 aliphatic heterocycles. The summed E-state index contributed by atoms with van der Waals surface area (Å²) in [6.07, 6.45) is 6.41. The topological polar surface area (TPSA) is 20.2 Å². The van der Waals surface area contributed by atoms with Gasteiger partial charge in [0.05, 0.1) is 6.61 Å². The van der Waals surface area contributed by atoms with E-state index >= 15 is 0 Å². The number of hydrogen-bond acceptors (Lipinski definition) is 1. The van der Waals surface area contributed by atoms with E-state index in [1.54, 1.807) is 0 Å². The molecular weight excluding hydrogens is 136 g/mol. The molecular formula is C10H18O.